The molecule has 156 valence electrons. The number of hydrogen-bond donors (Lipinski definition) is 3. The fourth-order valence-corrected chi connectivity index (χ4v) is 3.05. The van der Waals surface area contributed by atoms with Gasteiger partial charge in [-0.1, -0.05) is 26.8 Å². The molecular weight excluding hydrogens is 434 g/mol. The standard InChI is InChI=1S/C22H28BrN3O3/c1-15(27)25-17-7-9-18(10-8-17)26-21(28)24-12-5-13-29-20-11-6-16(14-19(20)23)22(2,3)4/h6-11,14H,5,12-13H2,1-4H3,(H,25,27)(H2,24,26,28). The molecule has 2 aromatic rings. The Balaban J connectivity index is 1.70. The van der Waals surface area contributed by atoms with Crippen LogP contribution in [0.2, 0.25) is 0 Å². The van der Waals surface area contributed by atoms with E-state index in [2.05, 4.69) is 64.8 Å². The summed E-state index contributed by atoms with van der Waals surface area (Å²) in [4.78, 5) is 23.0. The van der Waals surface area contributed by atoms with Crippen molar-refractivity contribution in [1.29, 1.82) is 0 Å². The number of urea groups is 1. The molecule has 0 unspecified atom stereocenters. The Kier molecular flexibility index (Phi) is 8.08. The molecule has 0 aromatic heterocycles. The van der Waals surface area contributed by atoms with Gasteiger partial charge >= 0.3 is 6.03 Å². The summed E-state index contributed by atoms with van der Waals surface area (Å²) in [6.07, 6.45) is 0.683. The third-order valence-electron chi connectivity index (χ3n) is 4.13. The van der Waals surface area contributed by atoms with Crippen molar-refractivity contribution in [1.82, 2.24) is 5.32 Å². The van der Waals surface area contributed by atoms with Gasteiger partial charge in [-0.15, -0.1) is 0 Å². The zero-order valence-corrected chi connectivity index (χ0v) is 18.9. The Morgan fingerprint density at radius 1 is 1.00 bits per heavy atom. The van der Waals surface area contributed by atoms with Gasteiger partial charge in [0.2, 0.25) is 5.91 Å². The summed E-state index contributed by atoms with van der Waals surface area (Å²) >= 11 is 3.56. The fourth-order valence-electron chi connectivity index (χ4n) is 2.56. The molecule has 0 saturated heterocycles. The molecule has 2 rings (SSSR count). The summed E-state index contributed by atoms with van der Waals surface area (Å²) in [6.45, 7) is 8.95. The Labute approximate surface area is 180 Å². The molecule has 0 bridgehead atoms. The largest absolute Gasteiger partial charge is 0.492 e. The van der Waals surface area contributed by atoms with Crippen molar-refractivity contribution in [3.8, 4) is 5.75 Å². The maximum Gasteiger partial charge on any atom is 0.319 e. The number of amides is 3. The lowest BCUT2D eigenvalue weighted by atomic mass is 9.87. The number of carbonyl (C=O) groups excluding carboxylic acids is 2. The maximum absolute atomic E-state index is 12.0. The molecule has 0 fully saturated rings. The minimum absolute atomic E-state index is 0.0859. The highest BCUT2D eigenvalue weighted by molar-refractivity contribution is 9.10. The SMILES string of the molecule is CC(=O)Nc1ccc(NC(=O)NCCCOc2ccc(C(C)(C)C)cc2Br)cc1. The first-order chi connectivity index (χ1) is 13.6. The van der Waals surface area contributed by atoms with Gasteiger partial charge in [-0.05, 0) is 69.7 Å². The lowest BCUT2D eigenvalue weighted by molar-refractivity contribution is -0.114. The van der Waals surface area contributed by atoms with Crippen molar-refractivity contribution in [3.05, 3.63) is 52.5 Å². The number of benzene rings is 2. The number of nitrogens with one attached hydrogen (secondary N) is 3. The first-order valence-electron chi connectivity index (χ1n) is 9.50. The predicted molar refractivity (Wildman–Crippen MR) is 121 cm³/mol. The number of rotatable bonds is 7. The number of halogens is 1. The molecule has 29 heavy (non-hydrogen) atoms. The lowest BCUT2D eigenvalue weighted by Gasteiger charge is -2.20. The summed E-state index contributed by atoms with van der Waals surface area (Å²) in [5.74, 6) is 0.657. The van der Waals surface area contributed by atoms with E-state index in [1.54, 1.807) is 24.3 Å². The smallest absolute Gasteiger partial charge is 0.319 e. The molecule has 0 aliphatic carbocycles. The first-order valence-corrected chi connectivity index (χ1v) is 10.3. The van der Waals surface area contributed by atoms with E-state index in [-0.39, 0.29) is 17.4 Å². The molecule has 6 nitrogen and oxygen atoms in total. The lowest BCUT2D eigenvalue weighted by Crippen LogP contribution is -2.30. The second-order valence-corrected chi connectivity index (χ2v) is 8.59. The van der Waals surface area contributed by atoms with Crippen LogP contribution in [0.3, 0.4) is 0 Å². The molecule has 3 N–H and O–H groups in total. The minimum atomic E-state index is -0.284. The van der Waals surface area contributed by atoms with E-state index in [1.807, 2.05) is 6.07 Å². The monoisotopic (exact) mass is 461 g/mol. The van der Waals surface area contributed by atoms with Crippen molar-refractivity contribution in [2.75, 3.05) is 23.8 Å². The van der Waals surface area contributed by atoms with E-state index in [0.29, 0.717) is 30.9 Å². The quantitative estimate of drug-likeness (QED) is 0.489. The fraction of sp³-hybridized carbons (Fsp3) is 0.364. The Morgan fingerprint density at radius 2 is 1.62 bits per heavy atom. The summed E-state index contributed by atoms with van der Waals surface area (Å²) < 4.78 is 6.73. The average Bonchev–Trinajstić information content (AvgIpc) is 2.63. The van der Waals surface area contributed by atoms with Gasteiger partial charge in [-0.2, -0.15) is 0 Å². The van der Waals surface area contributed by atoms with Crippen molar-refractivity contribution in [3.63, 3.8) is 0 Å². The molecule has 0 heterocycles. The molecule has 0 aliphatic rings. The summed E-state index contributed by atoms with van der Waals surface area (Å²) in [7, 11) is 0. The highest BCUT2D eigenvalue weighted by atomic mass is 79.9. The van der Waals surface area contributed by atoms with E-state index in [0.717, 1.165) is 10.2 Å². The summed E-state index contributed by atoms with van der Waals surface area (Å²) in [5.41, 5.74) is 2.65. The van der Waals surface area contributed by atoms with Crippen LogP contribution in [0, 0.1) is 0 Å². The van der Waals surface area contributed by atoms with E-state index in [4.69, 9.17) is 4.74 Å². The first kappa shape index (κ1) is 22.7. The van der Waals surface area contributed by atoms with Gasteiger partial charge in [0.15, 0.2) is 0 Å². The maximum atomic E-state index is 12.0. The topological polar surface area (TPSA) is 79.5 Å². The molecule has 0 atom stereocenters. The van der Waals surface area contributed by atoms with Crippen LogP contribution in [0.25, 0.3) is 0 Å². The van der Waals surface area contributed by atoms with Crippen molar-refractivity contribution >= 4 is 39.2 Å². The van der Waals surface area contributed by atoms with Gasteiger partial charge in [0, 0.05) is 24.8 Å². The molecular formula is C22H28BrN3O3. The average molecular weight is 462 g/mol. The number of anilines is 2. The Hall–Kier alpha value is -2.54. The predicted octanol–water partition coefficient (Wildman–Crippen LogP) is 5.30. The number of hydrogen-bond acceptors (Lipinski definition) is 3. The van der Waals surface area contributed by atoms with Crippen LogP contribution in [-0.2, 0) is 10.2 Å². The minimum Gasteiger partial charge on any atom is -0.492 e. The van der Waals surface area contributed by atoms with Crippen LogP contribution in [-0.4, -0.2) is 25.1 Å². The van der Waals surface area contributed by atoms with Gasteiger partial charge in [-0.3, -0.25) is 4.79 Å². The highest BCUT2D eigenvalue weighted by Crippen LogP contribution is 2.31. The van der Waals surface area contributed by atoms with Crippen molar-refractivity contribution < 1.29 is 14.3 Å². The third-order valence-corrected chi connectivity index (χ3v) is 4.74. The molecule has 0 aliphatic heterocycles. The van der Waals surface area contributed by atoms with E-state index < -0.39 is 0 Å². The Morgan fingerprint density at radius 3 is 2.17 bits per heavy atom. The molecule has 0 radical (unpaired) electrons. The van der Waals surface area contributed by atoms with E-state index in [1.165, 1.54) is 12.5 Å². The second kappa shape index (κ2) is 10.3. The van der Waals surface area contributed by atoms with Gasteiger partial charge in [0.25, 0.3) is 0 Å². The van der Waals surface area contributed by atoms with Crippen LogP contribution < -0.4 is 20.7 Å². The van der Waals surface area contributed by atoms with Crippen LogP contribution in [0.1, 0.15) is 39.7 Å². The molecule has 0 spiro atoms. The van der Waals surface area contributed by atoms with Gasteiger partial charge in [-0.25, -0.2) is 4.79 Å². The highest BCUT2D eigenvalue weighted by Gasteiger charge is 2.15. The summed E-state index contributed by atoms with van der Waals surface area (Å²) in [5, 5.41) is 8.22. The number of carbonyl (C=O) groups is 2. The van der Waals surface area contributed by atoms with Crippen LogP contribution in [0.15, 0.2) is 46.9 Å². The molecule has 2 aromatic carbocycles. The Bertz CT molecular complexity index is 845. The van der Waals surface area contributed by atoms with Gasteiger partial charge < -0.3 is 20.7 Å². The normalized spacial score (nSPS) is 10.9. The van der Waals surface area contributed by atoms with Crippen LogP contribution >= 0.6 is 15.9 Å². The van der Waals surface area contributed by atoms with E-state index in [9.17, 15) is 9.59 Å². The molecule has 0 saturated carbocycles. The molecule has 7 heteroatoms. The van der Waals surface area contributed by atoms with Gasteiger partial charge in [0.05, 0.1) is 11.1 Å². The summed E-state index contributed by atoms with van der Waals surface area (Å²) in [6, 6.07) is 12.8. The van der Waals surface area contributed by atoms with Crippen molar-refractivity contribution in [2.45, 2.75) is 39.5 Å². The second-order valence-electron chi connectivity index (χ2n) is 7.74. The molecule has 3 amide bonds. The van der Waals surface area contributed by atoms with Crippen LogP contribution in [0.5, 0.6) is 5.75 Å². The number of ether oxygens (including phenoxy) is 1. The zero-order chi connectivity index (χ0) is 21.4. The van der Waals surface area contributed by atoms with Crippen LogP contribution in [0.4, 0.5) is 16.2 Å². The van der Waals surface area contributed by atoms with Gasteiger partial charge in [0.1, 0.15) is 5.75 Å². The van der Waals surface area contributed by atoms with Crippen molar-refractivity contribution in [2.24, 2.45) is 0 Å². The zero-order valence-electron chi connectivity index (χ0n) is 17.3. The van der Waals surface area contributed by atoms with E-state index >= 15 is 0 Å². The third kappa shape index (κ3) is 7.77.